The Hall–Kier alpha value is -0.240. The maximum atomic E-state index is 11.5. The van der Waals surface area contributed by atoms with E-state index in [4.69, 9.17) is 22.9 Å². The Morgan fingerprint density at radius 2 is 1.10 bits per heavy atom. The predicted molar refractivity (Wildman–Crippen MR) is 305 cm³/mol. The Kier molecular flexibility index (Phi) is 15.9. The van der Waals surface area contributed by atoms with Crippen LogP contribution in [0.3, 0.4) is 0 Å². The highest BCUT2D eigenvalue weighted by Gasteiger charge is 2.67. The Morgan fingerprint density at radius 1 is 0.493 bits per heavy atom. The van der Waals surface area contributed by atoms with Gasteiger partial charge in [-0.1, -0.05) is 101 Å². The number of aliphatic hydroxyl groups is 2. The van der Waals surface area contributed by atoms with Gasteiger partial charge < -0.3 is 33.1 Å². The minimum Gasteiger partial charge on any atom is -0.390 e. The Labute approximate surface area is 450 Å². The molecule has 12 aliphatic rings. The van der Waals surface area contributed by atoms with Crippen LogP contribution in [0.4, 0.5) is 0 Å². The summed E-state index contributed by atoms with van der Waals surface area (Å²) >= 11 is 0. The largest absolute Gasteiger partial charge is 0.390 e. The van der Waals surface area contributed by atoms with Crippen molar-refractivity contribution in [2.75, 3.05) is 0 Å². The van der Waals surface area contributed by atoms with Crippen LogP contribution in [-0.2, 0) is 0 Å². The van der Waals surface area contributed by atoms with Gasteiger partial charge in [-0.05, 0) is 276 Å². The minimum atomic E-state index is -0.970. The van der Waals surface area contributed by atoms with Crippen molar-refractivity contribution < 1.29 is 10.2 Å². The van der Waals surface area contributed by atoms with Gasteiger partial charge in [0.25, 0.3) is 0 Å². The number of hydrogen-bond acceptors (Lipinski definition) is 6. The third kappa shape index (κ3) is 9.30. The van der Waals surface area contributed by atoms with Crippen LogP contribution in [0.1, 0.15) is 262 Å². The smallest absolute Gasteiger partial charge is 0.0976 e. The van der Waals surface area contributed by atoms with Gasteiger partial charge in [0.1, 0.15) is 0 Å². The molecule has 0 bridgehead atoms. The van der Waals surface area contributed by atoms with Crippen molar-refractivity contribution in [2.24, 2.45) is 144 Å². The van der Waals surface area contributed by atoms with Crippen molar-refractivity contribution >= 4 is 0 Å². The van der Waals surface area contributed by atoms with Gasteiger partial charge in [-0.3, -0.25) is 0 Å². The molecular weight excluding hydrogens is 893 g/mol. The topological polar surface area (TPSA) is 145 Å². The van der Waals surface area contributed by atoms with Gasteiger partial charge in [0, 0.05) is 29.6 Å². The number of rotatable bonds is 6. The van der Waals surface area contributed by atoms with Crippen LogP contribution in [0, 0.1) is 121 Å². The molecule has 0 aliphatic heterocycles. The van der Waals surface area contributed by atoms with E-state index < -0.39 is 11.7 Å². The Bertz CT molecular complexity index is 1890. The van der Waals surface area contributed by atoms with Crippen LogP contribution in [0.2, 0.25) is 0 Å². The highest BCUT2D eigenvalue weighted by molar-refractivity contribution is 5.18. The summed E-state index contributed by atoms with van der Waals surface area (Å²) in [4.78, 5) is 0. The number of nitrogens with two attached hydrogens (primary N) is 4. The van der Waals surface area contributed by atoms with Crippen LogP contribution in [0.15, 0.2) is 0 Å². The first-order valence-electron chi connectivity index (χ1n) is 32.9. The summed E-state index contributed by atoms with van der Waals surface area (Å²) in [6.07, 6.45) is 39.4. The molecule has 12 rings (SSSR count). The molecule has 6 nitrogen and oxygen atoms in total. The molecule has 0 heterocycles. The monoisotopic (exact) mass is 1010 g/mol. The van der Waals surface area contributed by atoms with E-state index in [1.807, 2.05) is 0 Å². The average Bonchev–Trinajstić information content (AvgIpc) is 4.03. The number of hydrogen-bond donors (Lipinski definition) is 6. The van der Waals surface area contributed by atoms with Gasteiger partial charge in [0.15, 0.2) is 0 Å². The zero-order valence-corrected chi connectivity index (χ0v) is 49.5. The fraction of sp³-hybridized carbons (Fsp3) is 1.00. The molecule has 73 heavy (non-hydrogen) atoms. The second-order valence-corrected chi connectivity index (χ2v) is 32.4. The molecule has 0 aromatic rings. The lowest BCUT2D eigenvalue weighted by Gasteiger charge is -2.65. The molecule has 26 atom stereocenters. The summed E-state index contributed by atoms with van der Waals surface area (Å²) < 4.78 is 0. The lowest BCUT2D eigenvalue weighted by molar-refractivity contribution is -0.254. The fourth-order valence-corrected chi connectivity index (χ4v) is 24.8. The zero-order chi connectivity index (χ0) is 52.3. The van der Waals surface area contributed by atoms with Gasteiger partial charge in [-0.2, -0.15) is 0 Å². The lowest BCUT2D eigenvalue weighted by Crippen LogP contribution is -2.69. The normalized spacial score (nSPS) is 56.0. The lowest BCUT2D eigenvalue weighted by atomic mass is 9.42. The molecule has 0 aromatic carbocycles. The molecule has 12 aliphatic carbocycles. The molecule has 0 amide bonds. The highest BCUT2D eigenvalue weighted by Crippen LogP contribution is 2.71. The van der Waals surface area contributed by atoms with E-state index >= 15 is 0 Å². The van der Waals surface area contributed by atoms with Crippen molar-refractivity contribution in [1.82, 2.24) is 0 Å². The molecule has 12 fully saturated rings. The minimum absolute atomic E-state index is 0.0408. The van der Waals surface area contributed by atoms with Crippen molar-refractivity contribution in [2.45, 2.75) is 298 Å². The Morgan fingerprint density at radius 3 is 1.82 bits per heavy atom. The third-order valence-corrected chi connectivity index (χ3v) is 29.1. The van der Waals surface area contributed by atoms with E-state index in [-0.39, 0.29) is 23.5 Å². The highest BCUT2D eigenvalue weighted by atomic mass is 16.3. The molecule has 420 valence electrons. The Balaban J connectivity index is 0.000000127. The van der Waals surface area contributed by atoms with Crippen LogP contribution in [0.5, 0.6) is 0 Å². The quantitative estimate of drug-likeness (QED) is 0.156. The van der Waals surface area contributed by atoms with Crippen LogP contribution < -0.4 is 22.9 Å². The van der Waals surface area contributed by atoms with Crippen molar-refractivity contribution in [3.05, 3.63) is 0 Å². The van der Waals surface area contributed by atoms with E-state index in [0.29, 0.717) is 51.4 Å². The molecule has 12 saturated carbocycles. The van der Waals surface area contributed by atoms with E-state index in [9.17, 15) is 10.2 Å². The molecular formula is C67H120N4O2. The van der Waals surface area contributed by atoms with Crippen molar-refractivity contribution in [3.8, 4) is 0 Å². The van der Waals surface area contributed by atoms with Crippen LogP contribution in [0.25, 0.3) is 0 Å². The third-order valence-electron chi connectivity index (χ3n) is 29.1. The number of aliphatic hydroxyl groups excluding tert-OH is 1. The standard InChI is InChI=1S/C27H49N.C21H37NO2.C19H34N2/c1-18(2)7-6-8-19(3)23-11-12-24-22-10-9-20-17-21(28)13-15-26(20,4)25(22)14-16-27(23,24)5;1-4-13-5-6-16-15-11-18(23)21(24)12-14(22)7-10-20(21,3)17(15)8-9-19(13,16)2;1-18-8-3-4-14(18)13-6-5-12-10-16(20)17(21)11-19(12,2)15(13)7-9-18/h18-25H,6-17,28H2,1-5H3;13-18,23-24H,4-12,22H2,1-3H3;12-17H,3-11,20-21H2,1-2H3/t19-,20-,21+,22-,23+,24-,25-,26-,27+;13-,14+,15-,16-,17-,18+,19+,20+,21-;12-,13-,14-,15-,16-,17+,18-,19-/m000/s1. The van der Waals surface area contributed by atoms with Gasteiger partial charge in [0.2, 0.25) is 0 Å². The summed E-state index contributed by atoms with van der Waals surface area (Å²) in [6.45, 7) is 25.1. The van der Waals surface area contributed by atoms with Gasteiger partial charge in [-0.25, -0.2) is 0 Å². The van der Waals surface area contributed by atoms with E-state index in [1.54, 1.807) is 0 Å². The summed E-state index contributed by atoms with van der Waals surface area (Å²) in [6, 6.07) is 1.02. The predicted octanol–water partition coefficient (Wildman–Crippen LogP) is 14.6. The second kappa shape index (κ2) is 20.7. The van der Waals surface area contributed by atoms with Crippen LogP contribution in [-0.4, -0.2) is 46.1 Å². The fourth-order valence-electron chi connectivity index (χ4n) is 24.8. The molecule has 0 aromatic heterocycles. The second-order valence-electron chi connectivity index (χ2n) is 32.4. The summed E-state index contributed by atoms with van der Waals surface area (Å²) in [5.41, 5.74) is 27.0. The first-order chi connectivity index (χ1) is 34.5. The van der Waals surface area contributed by atoms with Crippen molar-refractivity contribution in [1.29, 1.82) is 0 Å². The van der Waals surface area contributed by atoms with Gasteiger partial charge >= 0.3 is 0 Å². The molecule has 6 heteroatoms. The average molecular weight is 1010 g/mol. The maximum absolute atomic E-state index is 11.5. The molecule has 0 unspecified atom stereocenters. The molecule has 0 saturated heterocycles. The van der Waals surface area contributed by atoms with Crippen molar-refractivity contribution in [3.63, 3.8) is 0 Å². The first-order valence-corrected chi connectivity index (χ1v) is 32.9. The maximum Gasteiger partial charge on any atom is 0.0976 e. The summed E-state index contributed by atoms with van der Waals surface area (Å²) in [7, 11) is 0. The van der Waals surface area contributed by atoms with Gasteiger partial charge in [0.05, 0.1) is 11.7 Å². The van der Waals surface area contributed by atoms with E-state index in [2.05, 4.69) is 69.2 Å². The summed E-state index contributed by atoms with van der Waals surface area (Å²) in [5, 5.41) is 22.5. The van der Waals surface area contributed by atoms with Crippen LogP contribution >= 0.6 is 0 Å². The first kappa shape index (κ1) is 56.1. The van der Waals surface area contributed by atoms with E-state index in [1.165, 1.54) is 167 Å². The number of fused-ring (bicyclic) bond motifs is 15. The zero-order valence-electron chi connectivity index (χ0n) is 49.5. The van der Waals surface area contributed by atoms with Gasteiger partial charge in [-0.15, -0.1) is 0 Å². The SMILES string of the molecule is CC(C)CCC[C@H](C)[C@H]1CC[C@H]2[C@@H]3CC[C@H]4C[C@H](N)CC[C@]4(C)[C@H]3CC[C@]12C.CC[C@H]1CC[C@H]2[C@@H]3C[C@@H](O)[C@@]4(O)C[C@H](N)CC[C@]4(C)[C@H]3CC[C@]12C.C[C@@]12CCC[C@H]1[C@@H]1CC[C@H]3C[C@H](N)[C@H](N)C[C@]3(C)[C@H]1CC2. The van der Waals surface area contributed by atoms with E-state index in [0.717, 1.165) is 96.2 Å². The molecule has 10 N–H and O–H groups in total. The summed E-state index contributed by atoms with van der Waals surface area (Å²) in [5.74, 6) is 13.3. The molecule has 0 spiro atoms. The molecule has 0 radical (unpaired) electrons.